The van der Waals surface area contributed by atoms with Gasteiger partial charge in [-0.1, -0.05) is 94.8 Å². The third kappa shape index (κ3) is 8.57. The summed E-state index contributed by atoms with van der Waals surface area (Å²) in [5.41, 5.74) is 2.69. The number of aliphatic imine (C=N–C) groups is 1. The van der Waals surface area contributed by atoms with Gasteiger partial charge >= 0.3 is 12.0 Å². The van der Waals surface area contributed by atoms with Gasteiger partial charge in [0.05, 0.1) is 6.04 Å². The van der Waals surface area contributed by atoms with Gasteiger partial charge in [-0.05, 0) is 17.5 Å². The molecule has 0 heterocycles. The molecule has 0 fully saturated rings. The minimum Gasteiger partial charge on any atom is -0.595 e. The van der Waals surface area contributed by atoms with E-state index in [4.69, 9.17) is 4.74 Å². The Hall–Kier alpha value is -3.88. The Morgan fingerprint density at radius 1 is 1.03 bits per heavy atom. The second-order valence-corrected chi connectivity index (χ2v) is 8.56. The van der Waals surface area contributed by atoms with E-state index in [-0.39, 0.29) is 6.42 Å². The highest BCUT2D eigenvalue weighted by atomic mass is 16.6. The average molecular weight is 468 g/mol. The number of hydrogen-bond acceptors (Lipinski definition) is 6. The minimum atomic E-state index is -1.39. The van der Waals surface area contributed by atoms with Gasteiger partial charge in [-0.3, -0.25) is 4.99 Å². The van der Waals surface area contributed by atoms with E-state index < -0.39 is 41.5 Å². The molecule has 0 aliphatic carbocycles. The predicted octanol–water partition coefficient (Wildman–Crippen LogP) is 3.22. The van der Waals surface area contributed by atoms with Crippen molar-refractivity contribution in [2.24, 2.45) is 10.1 Å². The van der Waals surface area contributed by atoms with Gasteiger partial charge in [0.25, 0.3) is 0 Å². The van der Waals surface area contributed by atoms with Gasteiger partial charge < -0.3 is 20.3 Å². The highest BCUT2D eigenvalue weighted by Crippen LogP contribution is 2.21. The second-order valence-electron chi connectivity index (χ2n) is 8.56. The number of hydrazone groups is 1. The molecule has 2 rings (SSSR count). The normalized spacial score (nSPS) is 13.3. The third-order valence-electron chi connectivity index (χ3n) is 4.57. The minimum absolute atomic E-state index is 0.240. The average Bonchev–Trinajstić information content (AvgIpc) is 2.77. The number of nitrogens with one attached hydrogen (secondary N) is 2. The third-order valence-corrected chi connectivity index (χ3v) is 4.57. The number of aliphatic carboxylic acids is 1. The van der Waals surface area contributed by atoms with Crippen LogP contribution in [0.15, 0.2) is 70.8 Å². The Kier molecular flexibility index (Phi) is 9.61. The summed E-state index contributed by atoms with van der Waals surface area (Å²) in [6.07, 6.45) is -0.110. The predicted molar refractivity (Wildman–Crippen MR) is 128 cm³/mol. The Morgan fingerprint density at radius 2 is 1.56 bits per heavy atom. The second kappa shape index (κ2) is 12.4. The Balaban J connectivity index is 2.24. The molecule has 0 radical (unpaired) electrons. The topological polar surface area (TPSA) is 135 Å². The van der Waals surface area contributed by atoms with Crippen molar-refractivity contribution in [3.05, 3.63) is 71.8 Å². The lowest BCUT2D eigenvalue weighted by Gasteiger charge is -2.30. The summed E-state index contributed by atoms with van der Waals surface area (Å²) in [5.74, 6) is -1.39. The van der Waals surface area contributed by atoms with Gasteiger partial charge in [0.1, 0.15) is 12.1 Å². The van der Waals surface area contributed by atoms with Crippen molar-refractivity contribution >= 4 is 23.8 Å². The molecule has 1 unspecified atom stereocenters. The zero-order chi connectivity index (χ0) is 25.1. The summed E-state index contributed by atoms with van der Waals surface area (Å²) < 4.78 is 5.17. The van der Waals surface area contributed by atoms with Crippen LogP contribution in [0.3, 0.4) is 0 Å². The van der Waals surface area contributed by atoms with Crippen LogP contribution in [0.25, 0.3) is 0 Å². The molecular weight excluding hydrogens is 436 g/mol. The number of benzene rings is 2. The number of hydrogen-bond donors (Lipinski definition) is 3. The first-order chi connectivity index (χ1) is 16.1. The molecule has 9 heteroatoms. The van der Waals surface area contributed by atoms with Crippen LogP contribution in [-0.2, 0) is 9.53 Å². The number of carbonyl (C=O) groups excluding carboxylic acids is 1. The van der Waals surface area contributed by atoms with Gasteiger partial charge in [-0.15, -0.1) is 0 Å². The summed E-state index contributed by atoms with van der Waals surface area (Å²) in [7, 11) is 0. The van der Waals surface area contributed by atoms with Crippen molar-refractivity contribution in [2.75, 3.05) is 0 Å². The first-order valence-corrected chi connectivity index (χ1v) is 11.0. The quantitative estimate of drug-likeness (QED) is 0.296. The van der Waals surface area contributed by atoms with E-state index in [1.165, 1.54) is 0 Å². The molecule has 0 aromatic heterocycles. The standard InChI is InChI=1S/C25H32N4O5/c1-5-12-19(26-24(33)34-25(2,3)4)21(22(30)31)28-29-23(32)27-20(17-13-8-6-9-14-17)18-15-10-7-11-16-18/h6-11,13-16,19-20H,5,12H2,1-4H3,(H,26,33)(H,30,31)(H2,27,29,32)/p-1. The molecule has 0 bridgehead atoms. The molecule has 2 aromatic carbocycles. The Bertz CT molecular complexity index is 961. The van der Waals surface area contributed by atoms with Gasteiger partial charge in [0.15, 0.2) is 5.71 Å². The smallest absolute Gasteiger partial charge is 0.354 e. The lowest BCUT2D eigenvalue weighted by atomic mass is 9.99. The lowest BCUT2D eigenvalue weighted by molar-refractivity contribution is -0.260. The Labute approximate surface area is 199 Å². The fourth-order valence-electron chi connectivity index (χ4n) is 3.14. The van der Waals surface area contributed by atoms with Gasteiger partial charge in [0, 0.05) is 5.60 Å². The van der Waals surface area contributed by atoms with E-state index in [2.05, 4.69) is 20.8 Å². The molecule has 2 aromatic rings. The number of nitrogens with zero attached hydrogens (tertiary/aromatic N) is 2. The largest absolute Gasteiger partial charge is 0.595 e. The maximum atomic E-state index is 12.7. The molecular formula is C25H31N4O5-. The van der Waals surface area contributed by atoms with E-state index in [0.717, 1.165) is 11.1 Å². The summed E-state index contributed by atoms with van der Waals surface area (Å²) >= 11 is 0. The first kappa shape index (κ1) is 26.4. The first-order valence-electron chi connectivity index (χ1n) is 11.0. The van der Waals surface area contributed by atoms with Crippen LogP contribution in [0, 0.1) is 0 Å². The van der Waals surface area contributed by atoms with Gasteiger partial charge in [-0.2, -0.15) is 5.10 Å². The number of carbonyl (C=O) groups is 2. The number of amides is 2. The van der Waals surface area contributed by atoms with Crippen molar-refractivity contribution in [1.82, 2.24) is 10.7 Å². The van der Waals surface area contributed by atoms with Crippen LogP contribution >= 0.6 is 0 Å². The zero-order valence-electron chi connectivity index (χ0n) is 19.8. The monoisotopic (exact) mass is 467 g/mol. The summed E-state index contributed by atoms with van der Waals surface area (Å²) in [5, 5.41) is 28.4. The molecule has 0 spiro atoms. The zero-order valence-corrected chi connectivity index (χ0v) is 19.8. The van der Waals surface area contributed by atoms with Crippen molar-refractivity contribution < 1.29 is 24.5 Å². The molecule has 2 amide bonds. The van der Waals surface area contributed by atoms with E-state index in [0.29, 0.717) is 6.42 Å². The van der Waals surface area contributed by atoms with E-state index in [1.54, 1.807) is 20.8 Å². The van der Waals surface area contributed by atoms with Crippen molar-refractivity contribution in [3.63, 3.8) is 0 Å². The molecule has 182 valence electrons. The van der Waals surface area contributed by atoms with Crippen LogP contribution in [-0.4, -0.2) is 40.5 Å². The Morgan fingerprint density at radius 3 is 2.00 bits per heavy atom. The molecule has 1 atom stereocenters. The molecule has 9 nitrogen and oxygen atoms in total. The van der Waals surface area contributed by atoms with E-state index in [1.807, 2.05) is 67.6 Å². The maximum Gasteiger partial charge on any atom is 0.354 e. The highest BCUT2D eigenvalue weighted by Gasteiger charge is 2.23. The molecule has 0 aliphatic heterocycles. The summed E-state index contributed by atoms with van der Waals surface area (Å²) in [4.78, 5) is 28.4. The maximum absolute atomic E-state index is 12.7. The number of carboxylic acid groups (broad SMARTS) is 1. The number of urea groups is 1. The van der Waals surface area contributed by atoms with Crippen molar-refractivity contribution in [1.29, 1.82) is 0 Å². The van der Waals surface area contributed by atoms with Crippen LogP contribution in [0.4, 0.5) is 4.79 Å². The van der Waals surface area contributed by atoms with Crippen LogP contribution < -0.4 is 15.8 Å². The molecule has 34 heavy (non-hydrogen) atoms. The molecule has 0 saturated heterocycles. The number of rotatable bonds is 9. The van der Waals surface area contributed by atoms with Crippen molar-refractivity contribution in [3.8, 4) is 0 Å². The van der Waals surface area contributed by atoms with Crippen molar-refractivity contribution in [2.45, 2.75) is 58.2 Å². The van der Waals surface area contributed by atoms with Gasteiger partial charge in [0.2, 0.25) is 0 Å². The van der Waals surface area contributed by atoms with E-state index >= 15 is 0 Å². The van der Waals surface area contributed by atoms with Crippen LogP contribution in [0.2, 0.25) is 0 Å². The molecule has 0 aliphatic rings. The van der Waals surface area contributed by atoms with Gasteiger partial charge in [-0.25, -0.2) is 15.0 Å². The van der Waals surface area contributed by atoms with Crippen LogP contribution in [0.5, 0.6) is 0 Å². The fourth-order valence-corrected chi connectivity index (χ4v) is 3.14. The number of ether oxygens (including phenoxy) is 1. The number of carboxylic acids is 1. The lowest BCUT2D eigenvalue weighted by Crippen LogP contribution is -2.39. The summed E-state index contributed by atoms with van der Waals surface area (Å²) in [6.45, 7) is 6.87. The van der Waals surface area contributed by atoms with Crippen LogP contribution in [0.1, 0.15) is 57.7 Å². The summed E-state index contributed by atoms with van der Waals surface area (Å²) in [6, 6.07) is 16.4. The van der Waals surface area contributed by atoms with E-state index in [9.17, 15) is 19.8 Å². The SMILES string of the molecule is CCCC(N=C([O-])OC(C)(C)C)C(=NNC(=O)NC(c1ccccc1)c1ccccc1)C(=O)O. The highest BCUT2D eigenvalue weighted by molar-refractivity contribution is 6.38. The molecule has 0 saturated carbocycles. The fraction of sp³-hybridized carbons (Fsp3) is 0.360. The molecule has 3 N–H and O–H groups in total.